The third-order valence-corrected chi connectivity index (χ3v) is 5.34. The maximum atomic E-state index is 13.0. The molecule has 28 heavy (non-hydrogen) atoms. The van der Waals surface area contributed by atoms with Gasteiger partial charge in [-0.15, -0.1) is 0 Å². The van der Waals surface area contributed by atoms with Crippen LogP contribution in [0.15, 0.2) is 35.5 Å². The second-order valence-electron chi connectivity index (χ2n) is 7.63. The van der Waals surface area contributed by atoms with E-state index in [0.29, 0.717) is 18.9 Å². The lowest BCUT2D eigenvalue weighted by atomic mass is 10.0. The van der Waals surface area contributed by atoms with E-state index in [1.165, 1.54) is 11.8 Å². The maximum absolute atomic E-state index is 13.0. The predicted molar refractivity (Wildman–Crippen MR) is 108 cm³/mol. The van der Waals surface area contributed by atoms with Gasteiger partial charge in [0.15, 0.2) is 0 Å². The van der Waals surface area contributed by atoms with Crippen LogP contribution in [0.5, 0.6) is 0 Å². The van der Waals surface area contributed by atoms with Crippen molar-refractivity contribution in [1.82, 2.24) is 24.8 Å². The molecule has 1 fully saturated rings. The topological polar surface area (TPSA) is 82.2 Å². The molecule has 7 heteroatoms. The summed E-state index contributed by atoms with van der Waals surface area (Å²) in [5, 5.41) is 0. The zero-order chi connectivity index (χ0) is 20.1. The van der Waals surface area contributed by atoms with Gasteiger partial charge in [-0.25, -0.2) is 4.98 Å². The van der Waals surface area contributed by atoms with E-state index >= 15 is 0 Å². The SMILES string of the molecule is CCN(Cc1ccncc1)C1CCCN(C(=O)c2cnc(C(C)C)[nH]c2=O)C1. The number of hydrogen-bond acceptors (Lipinski definition) is 5. The lowest BCUT2D eigenvalue weighted by Crippen LogP contribution is -2.50. The number of pyridine rings is 1. The summed E-state index contributed by atoms with van der Waals surface area (Å²) >= 11 is 0. The number of amides is 1. The van der Waals surface area contributed by atoms with Gasteiger partial charge in [0.2, 0.25) is 0 Å². The Morgan fingerprint density at radius 2 is 2.11 bits per heavy atom. The fraction of sp³-hybridized carbons (Fsp3) is 0.524. The van der Waals surface area contributed by atoms with E-state index in [0.717, 1.165) is 25.9 Å². The van der Waals surface area contributed by atoms with Gasteiger partial charge in [0.25, 0.3) is 11.5 Å². The average Bonchev–Trinajstić information content (AvgIpc) is 2.72. The number of carbonyl (C=O) groups excluding carboxylic acids is 1. The summed E-state index contributed by atoms with van der Waals surface area (Å²) in [5.41, 5.74) is 0.988. The molecule has 1 atom stereocenters. The summed E-state index contributed by atoms with van der Waals surface area (Å²) < 4.78 is 0. The summed E-state index contributed by atoms with van der Waals surface area (Å²) in [7, 11) is 0. The zero-order valence-electron chi connectivity index (χ0n) is 16.9. The third kappa shape index (κ3) is 4.65. The predicted octanol–water partition coefficient (Wildman–Crippen LogP) is 2.42. The molecule has 1 amide bonds. The molecular weight excluding hydrogens is 354 g/mol. The average molecular weight is 383 g/mol. The number of rotatable bonds is 6. The fourth-order valence-corrected chi connectivity index (χ4v) is 3.68. The first-order chi connectivity index (χ1) is 13.5. The molecule has 0 bridgehead atoms. The molecule has 1 aliphatic heterocycles. The Morgan fingerprint density at radius 1 is 1.36 bits per heavy atom. The minimum Gasteiger partial charge on any atom is -0.337 e. The third-order valence-electron chi connectivity index (χ3n) is 5.34. The molecule has 2 aromatic heterocycles. The highest BCUT2D eigenvalue weighted by atomic mass is 16.2. The van der Waals surface area contributed by atoms with Crippen molar-refractivity contribution >= 4 is 5.91 Å². The largest absolute Gasteiger partial charge is 0.337 e. The monoisotopic (exact) mass is 383 g/mol. The minimum atomic E-state index is -0.352. The van der Waals surface area contributed by atoms with Gasteiger partial charge in [0.05, 0.1) is 0 Å². The van der Waals surface area contributed by atoms with E-state index in [4.69, 9.17) is 0 Å². The van der Waals surface area contributed by atoms with E-state index in [-0.39, 0.29) is 29.0 Å². The van der Waals surface area contributed by atoms with Gasteiger partial charge in [-0.1, -0.05) is 20.8 Å². The number of nitrogens with one attached hydrogen (secondary N) is 1. The maximum Gasteiger partial charge on any atom is 0.263 e. The van der Waals surface area contributed by atoms with Gasteiger partial charge in [-0.05, 0) is 37.1 Å². The van der Waals surface area contributed by atoms with Crippen LogP contribution in [0.3, 0.4) is 0 Å². The van der Waals surface area contributed by atoms with E-state index in [2.05, 4.69) is 26.8 Å². The molecule has 1 N–H and O–H groups in total. The number of likely N-dealkylation sites (tertiary alicyclic amines) is 1. The van der Waals surface area contributed by atoms with Crippen molar-refractivity contribution in [3.8, 4) is 0 Å². The van der Waals surface area contributed by atoms with Crippen LogP contribution in [0.1, 0.15) is 61.3 Å². The Morgan fingerprint density at radius 3 is 2.75 bits per heavy atom. The molecule has 1 unspecified atom stereocenters. The Hall–Kier alpha value is -2.54. The van der Waals surface area contributed by atoms with Crippen LogP contribution in [-0.4, -0.2) is 56.3 Å². The first-order valence-electron chi connectivity index (χ1n) is 10.0. The molecule has 0 aromatic carbocycles. The van der Waals surface area contributed by atoms with Crippen LogP contribution >= 0.6 is 0 Å². The van der Waals surface area contributed by atoms with E-state index < -0.39 is 0 Å². The highest BCUT2D eigenvalue weighted by molar-refractivity contribution is 5.93. The molecule has 0 aliphatic carbocycles. The summed E-state index contributed by atoms with van der Waals surface area (Å²) in [4.78, 5) is 40.6. The number of carbonyl (C=O) groups is 1. The summed E-state index contributed by atoms with van der Waals surface area (Å²) in [6.07, 6.45) is 7.01. The zero-order valence-corrected chi connectivity index (χ0v) is 16.9. The molecule has 0 saturated carbocycles. The molecule has 3 rings (SSSR count). The quantitative estimate of drug-likeness (QED) is 0.828. The van der Waals surface area contributed by atoms with Crippen LogP contribution in [0.25, 0.3) is 0 Å². The van der Waals surface area contributed by atoms with E-state index in [1.54, 1.807) is 17.3 Å². The molecule has 1 saturated heterocycles. The van der Waals surface area contributed by atoms with Gasteiger partial charge in [0.1, 0.15) is 11.4 Å². The van der Waals surface area contributed by atoms with Crippen LogP contribution in [0.4, 0.5) is 0 Å². The minimum absolute atomic E-state index is 0.113. The smallest absolute Gasteiger partial charge is 0.263 e. The van der Waals surface area contributed by atoms with Crippen molar-refractivity contribution in [2.24, 2.45) is 0 Å². The van der Waals surface area contributed by atoms with Crippen LogP contribution in [0.2, 0.25) is 0 Å². The summed E-state index contributed by atoms with van der Waals surface area (Å²) in [6, 6.07) is 4.32. The molecule has 0 radical (unpaired) electrons. The second kappa shape index (κ2) is 9.10. The fourth-order valence-electron chi connectivity index (χ4n) is 3.68. The second-order valence-corrected chi connectivity index (χ2v) is 7.63. The number of nitrogens with zero attached hydrogens (tertiary/aromatic N) is 4. The number of hydrogen-bond donors (Lipinski definition) is 1. The standard InChI is InChI=1S/C21H29N5O2/c1-4-25(13-16-7-9-22-10-8-16)17-6-5-11-26(14-17)21(28)18-12-23-19(15(2)3)24-20(18)27/h7-10,12,15,17H,4-6,11,13-14H2,1-3H3,(H,23,24,27). The van der Waals surface area contributed by atoms with E-state index in [9.17, 15) is 9.59 Å². The van der Waals surface area contributed by atoms with Gasteiger partial charge < -0.3 is 9.88 Å². The van der Waals surface area contributed by atoms with Crippen LogP contribution < -0.4 is 5.56 Å². The molecule has 1 aliphatic rings. The Balaban J connectivity index is 1.71. The lowest BCUT2D eigenvalue weighted by Gasteiger charge is -2.39. The van der Waals surface area contributed by atoms with Crippen LogP contribution in [-0.2, 0) is 6.54 Å². The van der Waals surface area contributed by atoms with Gasteiger partial charge in [0, 0.05) is 50.2 Å². The number of H-pyrrole nitrogens is 1. The highest BCUT2D eigenvalue weighted by Gasteiger charge is 2.29. The molecule has 150 valence electrons. The number of aromatic nitrogens is 3. The molecular formula is C21H29N5O2. The van der Waals surface area contributed by atoms with Gasteiger partial charge in [-0.3, -0.25) is 19.5 Å². The van der Waals surface area contributed by atoms with Crippen molar-refractivity contribution in [3.63, 3.8) is 0 Å². The highest BCUT2D eigenvalue weighted by Crippen LogP contribution is 2.19. The first kappa shape index (κ1) is 20.2. The Bertz CT molecular complexity index is 849. The summed E-state index contributed by atoms with van der Waals surface area (Å²) in [5.74, 6) is 0.490. The van der Waals surface area contributed by atoms with Crippen molar-refractivity contribution in [2.45, 2.75) is 52.1 Å². The molecule has 3 heterocycles. The molecule has 2 aromatic rings. The molecule has 7 nitrogen and oxygen atoms in total. The van der Waals surface area contributed by atoms with Crippen molar-refractivity contribution in [3.05, 3.63) is 58.0 Å². The number of aromatic amines is 1. The van der Waals surface area contributed by atoms with E-state index in [1.807, 2.05) is 26.0 Å². The Kier molecular flexibility index (Phi) is 6.57. The van der Waals surface area contributed by atoms with Crippen molar-refractivity contribution in [1.29, 1.82) is 0 Å². The number of piperidine rings is 1. The first-order valence-corrected chi connectivity index (χ1v) is 10.0. The van der Waals surface area contributed by atoms with Crippen molar-refractivity contribution < 1.29 is 4.79 Å². The summed E-state index contributed by atoms with van der Waals surface area (Å²) in [6.45, 7) is 9.09. The van der Waals surface area contributed by atoms with Crippen molar-refractivity contribution in [2.75, 3.05) is 19.6 Å². The number of likely N-dealkylation sites (N-methyl/N-ethyl adjacent to an activating group) is 1. The van der Waals surface area contributed by atoms with Gasteiger partial charge in [-0.2, -0.15) is 0 Å². The van der Waals surface area contributed by atoms with Gasteiger partial charge >= 0.3 is 0 Å². The lowest BCUT2D eigenvalue weighted by molar-refractivity contribution is 0.0567. The molecule has 0 spiro atoms. The Labute approximate surface area is 165 Å². The van der Waals surface area contributed by atoms with Crippen LogP contribution in [0, 0.1) is 0 Å². The normalized spacial score (nSPS) is 17.3.